The van der Waals surface area contributed by atoms with Crippen molar-refractivity contribution in [1.82, 2.24) is 5.32 Å². The second kappa shape index (κ2) is 17.0. The molecule has 8 heteroatoms. The van der Waals surface area contributed by atoms with E-state index in [1.54, 1.807) is 14.2 Å². The molecule has 0 aliphatic rings. The van der Waals surface area contributed by atoms with Gasteiger partial charge >= 0.3 is 0 Å². The average Bonchev–Trinajstić information content (AvgIpc) is 2.87. The van der Waals surface area contributed by atoms with E-state index in [0.29, 0.717) is 50.8 Å². The van der Waals surface area contributed by atoms with Crippen molar-refractivity contribution in [1.29, 1.82) is 0 Å². The summed E-state index contributed by atoms with van der Waals surface area (Å²) in [6.07, 6.45) is 1.82. The highest BCUT2D eigenvalue weighted by Gasteiger charge is 2.30. The van der Waals surface area contributed by atoms with Crippen molar-refractivity contribution in [3.8, 4) is 11.5 Å². The lowest BCUT2D eigenvalue weighted by Crippen LogP contribution is -2.45. The van der Waals surface area contributed by atoms with Gasteiger partial charge in [-0.15, -0.1) is 0 Å². The van der Waals surface area contributed by atoms with E-state index in [0.717, 1.165) is 24.2 Å². The van der Waals surface area contributed by atoms with Crippen molar-refractivity contribution >= 4 is 5.91 Å². The van der Waals surface area contributed by atoms with Crippen LogP contribution in [0.3, 0.4) is 0 Å². The Morgan fingerprint density at radius 3 is 2.29 bits per heavy atom. The minimum atomic E-state index is -0.771. The van der Waals surface area contributed by atoms with Crippen LogP contribution in [-0.2, 0) is 16.0 Å². The second-order valence-electron chi connectivity index (χ2n) is 12.0. The predicted molar refractivity (Wildman–Crippen MR) is 154 cm³/mol. The minimum Gasteiger partial charge on any atom is -0.493 e. The first-order chi connectivity index (χ1) is 17.8. The highest BCUT2D eigenvalue weighted by atomic mass is 16.5. The highest BCUT2D eigenvalue weighted by Crippen LogP contribution is 2.32. The van der Waals surface area contributed by atoms with Crippen LogP contribution in [-0.4, -0.2) is 63.7 Å². The lowest BCUT2D eigenvalue weighted by atomic mass is 9.80. The molecular weight excluding hydrogens is 482 g/mol. The van der Waals surface area contributed by atoms with Crippen molar-refractivity contribution in [2.45, 2.75) is 79.4 Å². The van der Waals surface area contributed by atoms with Gasteiger partial charge in [0.1, 0.15) is 0 Å². The molecule has 0 heterocycles. The third-order valence-electron chi connectivity index (χ3n) is 7.42. The summed E-state index contributed by atoms with van der Waals surface area (Å²) in [6, 6.07) is 5.59. The summed E-state index contributed by atoms with van der Waals surface area (Å²) in [5.74, 6) is 1.75. The Hall–Kier alpha value is -1.87. The van der Waals surface area contributed by atoms with Gasteiger partial charge in [-0.2, -0.15) is 0 Å². The number of nitrogens with two attached hydrogens (primary N) is 2. The standard InChI is InChI=1S/C30H55N3O5/c1-20(2)23(14-22-10-11-27(37-8)28(15-22)38-13-9-12-36-7)16-25(32)26(34)17-24(21(3)4)29(35)33-19-30(5,6)18-31/h10-11,15,20-21,23-26,34H,9,12-14,16-19,31-32H2,1-8H3,(H,33,35)/t23-,24-,25-,26-/m0/s1. The predicted octanol–water partition coefficient (Wildman–Crippen LogP) is 3.77. The molecule has 0 radical (unpaired) electrons. The first kappa shape index (κ1) is 34.2. The number of rotatable bonds is 19. The normalized spacial score (nSPS) is 15.3. The van der Waals surface area contributed by atoms with Crippen LogP contribution >= 0.6 is 0 Å². The molecule has 0 spiro atoms. The van der Waals surface area contributed by atoms with E-state index in [9.17, 15) is 9.90 Å². The molecule has 1 rings (SSSR count). The van der Waals surface area contributed by atoms with Crippen LogP contribution in [0.15, 0.2) is 18.2 Å². The highest BCUT2D eigenvalue weighted by molar-refractivity contribution is 5.79. The van der Waals surface area contributed by atoms with E-state index in [1.165, 1.54) is 0 Å². The molecule has 8 nitrogen and oxygen atoms in total. The maximum absolute atomic E-state index is 12.9. The number of amides is 1. The molecule has 1 aromatic carbocycles. The zero-order chi connectivity index (χ0) is 28.9. The summed E-state index contributed by atoms with van der Waals surface area (Å²) in [6.45, 7) is 14.6. The molecule has 4 atom stereocenters. The first-order valence-electron chi connectivity index (χ1n) is 14.0. The number of carbonyl (C=O) groups excluding carboxylic acids is 1. The number of nitrogens with one attached hydrogen (secondary N) is 1. The quantitative estimate of drug-likeness (QED) is 0.198. The van der Waals surface area contributed by atoms with E-state index < -0.39 is 12.1 Å². The van der Waals surface area contributed by atoms with Crippen LogP contribution in [0.1, 0.15) is 66.4 Å². The molecule has 0 bridgehead atoms. The van der Waals surface area contributed by atoms with Gasteiger partial charge in [0.2, 0.25) is 5.91 Å². The number of methoxy groups -OCH3 is 2. The van der Waals surface area contributed by atoms with Crippen molar-refractivity contribution in [2.75, 3.05) is 40.5 Å². The Balaban J connectivity index is 2.85. The van der Waals surface area contributed by atoms with Gasteiger partial charge in [-0.3, -0.25) is 4.79 Å². The summed E-state index contributed by atoms with van der Waals surface area (Å²) >= 11 is 0. The van der Waals surface area contributed by atoms with Crippen LogP contribution in [0, 0.1) is 29.1 Å². The zero-order valence-corrected chi connectivity index (χ0v) is 25.1. The van der Waals surface area contributed by atoms with Crippen LogP contribution in [0.5, 0.6) is 11.5 Å². The molecule has 0 unspecified atom stereocenters. The number of aliphatic hydroxyl groups is 1. The third-order valence-corrected chi connectivity index (χ3v) is 7.42. The molecule has 1 aromatic rings. The minimum absolute atomic E-state index is 0.0514. The average molecular weight is 538 g/mol. The molecule has 0 aromatic heterocycles. The number of benzene rings is 1. The fourth-order valence-electron chi connectivity index (χ4n) is 4.39. The van der Waals surface area contributed by atoms with Crippen molar-refractivity contribution in [3.63, 3.8) is 0 Å². The fraction of sp³-hybridized carbons (Fsp3) is 0.767. The van der Waals surface area contributed by atoms with Crippen LogP contribution in [0.2, 0.25) is 0 Å². The van der Waals surface area contributed by atoms with Gasteiger partial charge in [-0.05, 0) is 66.7 Å². The molecule has 0 aliphatic carbocycles. The summed E-state index contributed by atoms with van der Waals surface area (Å²) in [5.41, 5.74) is 13.3. The molecule has 6 N–H and O–H groups in total. The fourth-order valence-corrected chi connectivity index (χ4v) is 4.39. The van der Waals surface area contributed by atoms with Crippen LogP contribution in [0.25, 0.3) is 0 Å². The molecule has 220 valence electrons. The van der Waals surface area contributed by atoms with E-state index >= 15 is 0 Å². The SMILES string of the molecule is COCCCOc1cc(C[C@@H](C[C@H](N)[C@@H](O)C[C@H](C(=O)NCC(C)(C)CN)C(C)C)C(C)C)ccc1OC. The first-order valence-corrected chi connectivity index (χ1v) is 14.0. The van der Waals surface area contributed by atoms with Gasteiger partial charge in [-0.1, -0.05) is 47.6 Å². The summed E-state index contributed by atoms with van der Waals surface area (Å²) in [4.78, 5) is 12.9. The molecule has 0 saturated heterocycles. The number of carbonyl (C=O) groups is 1. The summed E-state index contributed by atoms with van der Waals surface area (Å²) in [5, 5.41) is 14.1. The summed E-state index contributed by atoms with van der Waals surface area (Å²) in [7, 11) is 3.31. The lowest BCUT2D eigenvalue weighted by molar-refractivity contribution is -0.128. The number of ether oxygens (including phenoxy) is 3. The van der Waals surface area contributed by atoms with Gasteiger partial charge in [0, 0.05) is 38.6 Å². The molecule has 0 fully saturated rings. The monoisotopic (exact) mass is 537 g/mol. The molecule has 0 saturated carbocycles. The van der Waals surface area contributed by atoms with E-state index in [1.807, 2.05) is 39.8 Å². The van der Waals surface area contributed by atoms with Crippen molar-refractivity contribution in [3.05, 3.63) is 23.8 Å². The second-order valence-corrected chi connectivity index (χ2v) is 12.0. The van der Waals surface area contributed by atoms with E-state index in [2.05, 4.69) is 25.2 Å². The molecule has 38 heavy (non-hydrogen) atoms. The Kier molecular flexibility index (Phi) is 15.2. The van der Waals surface area contributed by atoms with Crippen molar-refractivity contribution < 1.29 is 24.1 Å². The van der Waals surface area contributed by atoms with Crippen LogP contribution in [0.4, 0.5) is 0 Å². The lowest BCUT2D eigenvalue weighted by Gasteiger charge is -2.31. The molecule has 0 aliphatic heterocycles. The largest absolute Gasteiger partial charge is 0.493 e. The Bertz CT molecular complexity index is 815. The number of hydrogen-bond acceptors (Lipinski definition) is 7. The zero-order valence-electron chi connectivity index (χ0n) is 25.1. The number of hydrogen-bond donors (Lipinski definition) is 4. The Morgan fingerprint density at radius 2 is 1.74 bits per heavy atom. The molecular formula is C30H55N3O5. The number of aliphatic hydroxyl groups excluding tert-OH is 1. The summed E-state index contributed by atoms with van der Waals surface area (Å²) < 4.78 is 16.5. The van der Waals surface area contributed by atoms with E-state index in [4.69, 9.17) is 25.7 Å². The Morgan fingerprint density at radius 1 is 1.05 bits per heavy atom. The van der Waals surface area contributed by atoms with Gasteiger partial charge in [0.05, 0.1) is 19.8 Å². The maximum Gasteiger partial charge on any atom is 0.223 e. The van der Waals surface area contributed by atoms with E-state index in [-0.39, 0.29) is 29.1 Å². The topological polar surface area (TPSA) is 129 Å². The van der Waals surface area contributed by atoms with Gasteiger partial charge in [0.25, 0.3) is 0 Å². The third kappa shape index (κ3) is 11.9. The molecule has 1 amide bonds. The van der Waals surface area contributed by atoms with Gasteiger partial charge < -0.3 is 36.1 Å². The maximum atomic E-state index is 12.9. The van der Waals surface area contributed by atoms with Crippen molar-refractivity contribution in [2.24, 2.45) is 40.6 Å². The van der Waals surface area contributed by atoms with Gasteiger partial charge in [0.15, 0.2) is 11.5 Å². The van der Waals surface area contributed by atoms with Gasteiger partial charge in [-0.25, -0.2) is 0 Å². The Labute approximate surface area is 231 Å². The smallest absolute Gasteiger partial charge is 0.223 e. The van der Waals surface area contributed by atoms with Crippen LogP contribution < -0.4 is 26.3 Å².